The number of carbonyl (C=O) groups is 2. The molecule has 160 valence electrons. The fourth-order valence-electron chi connectivity index (χ4n) is 2.74. The molecule has 30 heavy (non-hydrogen) atoms. The lowest BCUT2D eigenvalue weighted by molar-refractivity contribution is -0.111. The lowest BCUT2D eigenvalue weighted by Gasteiger charge is -2.21. The van der Waals surface area contributed by atoms with Gasteiger partial charge in [0.15, 0.2) is 11.5 Å². The van der Waals surface area contributed by atoms with Crippen molar-refractivity contribution in [1.29, 1.82) is 0 Å². The van der Waals surface area contributed by atoms with Gasteiger partial charge in [0, 0.05) is 11.6 Å². The topological polar surface area (TPSA) is 85.9 Å². The highest BCUT2D eigenvalue weighted by Crippen LogP contribution is 2.38. The number of methoxy groups -OCH3 is 3. The maximum Gasteiger partial charge on any atom is 0.253 e. The van der Waals surface area contributed by atoms with Gasteiger partial charge in [-0.1, -0.05) is 12.1 Å². The third-order valence-corrected chi connectivity index (χ3v) is 4.03. The highest BCUT2D eigenvalue weighted by atomic mass is 16.5. The molecule has 0 aliphatic carbocycles. The average Bonchev–Trinajstić information content (AvgIpc) is 2.70. The summed E-state index contributed by atoms with van der Waals surface area (Å²) >= 11 is 0. The number of amides is 2. The third kappa shape index (κ3) is 6.01. The summed E-state index contributed by atoms with van der Waals surface area (Å²) in [5, 5.41) is 5.65. The molecular formula is C23H28N2O5. The molecule has 2 rings (SSSR count). The first-order valence-electron chi connectivity index (χ1n) is 9.39. The first-order valence-corrected chi connectivity index (χ1v) is 9.39. The molecule has 0 aliphatic heterocycles. The zero-order chi connectivity index (χ0) is 22.3. The molecule has 0 saturated carbocycles. The predicted octanol–water partition coefficient (Wildman–Crippen LogP) is 3.89. The SMILES string of the molecule is COc1cc(C=CC(=O)Nc2ccccc2C(=O)NC(C)(C)C)cc(OC)c1OC. The van der Waals surface area contributed by atoms with Gasteiger partial charge < -0.3 is 24.8 Å². The summed E-state index contributed by atoms with van der Waals surface area (Å²) in [5.41, 5.74) is 1.12. The number of anilines is 1. The van der Waals surface area contributed by atoms with E-state index in [1.165, 1.54) is 27.4 Å². The lowest BCUT2D eigenvalue weighted by Crippen LogP contribution is -2.40. The Kier molecular flexibility index (Phi) is 7.47. The smallest absolute Gasteiger partial charge is 0.253 e. The molecule has 0 saturated heterocycles. The zero-order valence-corrected chi connectivity index (χ0v) is 18.2. The van der Waals surface area contributed by atoms with Crippen molar-refractivity contribution < 1.29 is 23.8 Å². The van der Waals surface area contributed by atoms with Crippen molar-refractivity contribution >= 4 is 23.6 Å². The van der Waals surface area contributed by atoms with Gasteiger partial charge in [0.05, 0.1) is 32.6 Å². The molecule has 0 aliphatic rings. The van der Waals surface area contributed by atoms with E-state index < -0.39 is 0 Å². The molecule has 0 spiro atoms. The van der Waals surface area contributed by atoms with E-state index in [-0.39, 0.29) is 17.4 Å². The predicted molar refractivity (Wildman–Crippen MR) is 117 cm³/mol. The fourth-order valence-corrected chi connectivity index (χ4v) is 2.74. The minimum atomic E-state index is -0.388. The van der Waals surface area contributed by atoms with Gasteiger partial charge >= 0.3 is 0 Å². The maximum absolute atomic E-state index is 12.5. The molecular weight excluding hydrogens is 384 g/mol. The summed E-state index contributed by atoms with van der Waals surface area (Å²) in [6.45, 7) is 5.69. The van der Waals surface area contributed by atoms with Crippen LogP contribution >= 0.6 is 0 Å². The van der Waals surface area contributed by atoms with Crippen LogP contribution in [0.1, 0.15) is 36.7 Å². The van der Waals surface area contributed by atoms with E-state index in [2.05, 4.69) is 10.6 Å². The van der Waals surface area contributed by atoms with Gasteiger partial charge in [-0.3, -0.25) is 9.59 Å². The maximum atomic E-state index is 12.5. The van der Waals surface area contributed by atoms with Crippen molar-refractivity contribution in [2.45, 2.75) is 26.3 Å². The van der Waals surface area contributed by atoms with E-state index in [9.17, 15) is 9.59 Å². The van der Waals surface area contributed by atoms with Crippen LogP contribution in [0.25, 0.3) is 6.08 Å². The number of hydrogen-bond acceptors (Lipinski definition) is 5. The summed E-state index contributed by atoms with van der Waals surface area (Å²) in [6, 6.07) is 10.3. The molecule has 2 N–H and O–H groups in total. The minimum Gasteiger partial charge on any atom is -0.493 e. The normalized spacial score (nSPS) is 11.1. The molecule has 0 atom stereocenters. The van der Waals surface area contributed by atoms with Gasteiger partial charge in [0.1, 0.15) is 0 Å². The second-order valence-electron chi connectivity index (χ2n) is 7.53. The number of hydrogen-bond donors (Lipinski definition) is 2. The molecule has 7 nitrogen and oxygen atoms in total. The second kappa shape index (κ2) is 9.82. The van der Waals surface area contributed by atoms with E-state index in [0.717, 1.165) is 0 Å². The average molecular weight is 412 g/mol. The van der Waals surface area contributed by atoms with Crippen molar-refractivity contribution in [1.82, 2.24) is 5.32 Å². The van der Waals surface area contributed by atoms with Crippen molar-refractivity contribution in [2.75, 3.05) is 26.6 Å². The number of rotatable bonds is 7. The minimum absolute atomic E-state index is 0.257. The molecule has 7 heteroatoms. The van der Waals surface area contributed by atoms with Crippen LogP contribution in [-0.2, 0) is 4.79 Å². The molecule has 0 radical (unpaired) electrons. The number of carbonyl (C=O) groups excluding carboxylic acids is 2. The molecule has 0 heterocycles. The Morgan fingerprint density at radius 3 is 2.07 bits per heavy atom. The Morgan fingerprint density at radius 1 is 0.933 bits per heavy atom. The van der Waals surface area contributed by atoms with E-state index in [1.54, 1.807) is 42.5 Å². The molecule has 2 aromatic rings. The Labute approximate surface area is 177 Å². The molecule has 2 amide bonds. The van der Waals surface area contributed by atoms with Crippen LogP contribution in [-0.4, -0.2) is 38.7 Å². The number of ether oxygens (including phenoxy) is 3. The molecule has 0 bridgehead atoms. The first kappa shape index (κ1) is 22.8. The van der Waals surface area contributed by atoms with Gasteiger partial charge in [-0.05, 0) is 56.7 Å². The quantitative estimate of drug-likeness (QED) is 0.674. The van der Waals surface area contributed by atoms with E-state index in [0.29, 0.717) is 34.1 Å². The third-order valence-electron chi connectivity index (χ3n) is 4.03. The van der Waals surface area contributed by atoms with Crippen molar-refractivity contribution in [3.05, 3.63) is 53.6 Å². The highest BCUT2D eigenvalue weighted by molar-refractivity contribution is 6.07. The van der Waals surface area contributed by atoms with Crippen LogP contribution < -0.4 is 24.8 Å². The van der Waals surface area contributed by atoms with Crippen molar-refractivity contribution in [2.24, 2.45) is 0 Å². The van der Waals surface area contributed by atoms with Gasteiger partial charge in [-0.2, -0.15) is 0 Å². The number of nitrogens with one attached hydrogen (secondary N) is 2. The Bertz CT molecular complexity index is 920. The van der Waals surface area contributed by atoms with E-state index >= 15 is 0 Å². The largest absolute Gasteiger partial charge is 0.493 e. The van der Waals surface area contributed by atoms with E-state index in [4.69, 9.17) is 14.2 Å². The Hall–Kier alpha value is -3.48. The summed E-state index contributed by atoms with van der Waals surface area (Å²) in [5.74, 6) is 0.814. The molecule has 0 aromatic heterocycles. The van der Waals surface area contributed by atoms with Gasteiger partial charge in [0.25, 0.3) is 5.91 Å². The molecule has 0 unspecified atom stereocenters. The van der Waals surface area contributed by atoms with Crippen LogP contribution in [0.2, 0.25) is 0 Å². The van der Waals surface area contributed by atoms with Gasteiger partial charge in [-0.25, -0.2) is 0 Å². The summed E-state index contributed by atoms with van der Waals surface area (Å²) in [6.07, 6.45) is 3.00. The monoisotopic (exact) mass is 412 g/mol. The Balaban J connectivity index is 2.21. The lowest BCUT2D eigenvalue weighted by atomic mass is 10.1. The standard InChI is InChI=1S/C23H28N2O5/c1-23(2,3)25-22(27)16-9-7-8-10-17(16)24-20(26)12-11-15-13-18(28-4)21(30-6)19(14-15)29-5/h7-14H,1-6H3,(H,24,26)(H,25,27). The molecule has 2 aromatic carbocycles. The van der Waals surface area contributed by atoms with Crippen LogP contribution in [0, 0.1) is 0 Å². The second-order valence-corrected chi connectivity index (χ2v) is 7.53. The van der Waals surface area contributed by atoms with Gasteiger partial charge in [0.2, 0.25) is 11.7 Å². The van der Waals surface area contributed by atoms with Crippen LogP contribution in [0.15, 0.2) is 42.5 Å². The van der Waals surface area contributed by atoms with Crippen LogP contribution in [0.5, 0.6) is 17.2 Å². The van der Waals surface area contributed by atoms with Gasteiger partial charge in [-0.15, -0.1) is 0 Å². The zero-order valence-electron chi connectivity index (χ0n) is 18.2. The Morgan fingerprint density at radius 2 is 1.53 bits per heavy atom. The number of para-hydroxylation sites is 1. The molecule has 0 fully saturated rings. The summed E-state index contributed by atoms with van der Waals surface area (Å²) in [7, 11) is 4.57. The summed E-state index contributed by atoms with van der Waals surface area (Å²) < 4.78 is 15.9. The number of benzene rings is 2. The highest BCUT2D eigenvalue weighted by Gasteiger charge is 2.18. The van der Waals surface area contributed by atoms with Crippen LogP contribution in [0.4, 0.5) is 5.69 Å². The van der Waals surface area contributed by atoms with E-state index in [1.807, 2.05) is 20.8 Å². The summed E-state index contributed by atoms with van der Waals surface area (Å²) in [4.78, 5) is 25.0. The van der Waals surface area contributed by atoms with Crippen LogP contribution in [0.3, 0.4) is 0 Å². The fraction of sp³-hybridized carbons (Fsp3) is 0.304. The van der Waals surface area contributed by atoms with Crippen molar-refractivity contribution in [3.63, 3.8) is 0 Å². The first-order chi connectivity index (χ1) is 14.2. The van der Waals surface area contributed by atoms with Crippen molar-refractivity contribution in [3.8, 4) is 17.2 Å².